The van der Waals surface area contributed by atoms with Gasteiger partial charge in [0.25, 0.3) is 5.91 Å². The molecule has 0 aliphatic rings. The second kappa shape index (κ2) is 9.15. The van der Waals surface area contributed by atoms with E-state index in [-0.39, 0.29) is 23.3 Å². The van der Waals surface area contributed by atoms with Crippen LogP contribution in [0.2, 0.25) is 0 Å². The SMILES string of the molecule is CCOc1nc(-c2cccc(C(F)(F)F)c2)n(-c2ccc(NC(=O)c3ccccc3)cc2)n1. The molecular weight excluding hydrogens is 433 g/mol. The van der Waals surface area contributed by atoms with Gasteiger partial charge in [0, 0.05) is 16.8 Å². The first-order chi connectivity index (χ1) is 15.8. The number of nitrogens with zero attached hydrogens (tertiary/aromatic N) is 3. The van der Waals surface area contributed by atoms with E-state index in [0.717, 1.165) is 12.1 Å². The van der Waals surface area contributed by atoms with Gasteiger partial charge in [0.1, 0.15) is 0 Å². The molecule has 0 unspecified atom stereocenters. The van der Waals surface area contributed by atoms with E-state index in [0.29, 0.717) is 23.5 Å². The van der Waals surface area contributed by atoms with E-state index in [4.69, 9.17) is 4.74 Å². The number of anilines is 1. The molecule has 33 heavy (non-hydrogen) atoms. The number of carbonyl (C=O) groups is 1. The highest BCUT2D eigenvalue weighted by atomic mass is 19.4. The third kappa shape index (κ3) is 5.03. The van der Waals surface area contributed by atoms with Gasteiger partial charge in [-0.1, -0.05) is 30.3 Å². The number of halogens is 3. The van der Waals surface area contributed by atoms with E-state index in [1.54, 1.807) is 55.5 Å². The van der Waals surface area contributed by atoms with Crippen LogP contribution in [0.1, 0.15) is 22.8 Å². The van der Waals surface area contributed by atoms with Crippen molar-refractivity contribution in [2.45, 2.75) is 13.1 Å². The molecular formula is C24H19F3N4O2. The predicted octanol–water partition coefficient (Wildman–Crippen LogP) is 5.60. The van der Waals surface area contributed by atoms with Crippen LogP contribution in [0.15, 0.2) is 78.9 Å². The maximum absolute atomic E-state index is 13.2. The van der Waals surface area contributed by atoms with Crippen LogP contribution in [0.5, 0.6) is 6.01 Å². The molecule has 1 amide bonds. The Hall–Kier alpha value is -4.14. The van der Waals surface area contributed by atoms with Crippen molar-refractivity contribution in [1.82, 2.24) is 14.8 Å². The summed E-state index contributed by atoms with van der Waals surface area (Å²) in [4.78, 5) is 16.6. The molecule has 0 aliphatic heterocycles. The van der Waals surface area contributed by atoms with E-state index in [9.17, 15) is 18.0 Å². The summed E-state index contributed by atoms with van der Waals surface area (Å²) in [6.07, 6.45) is -4.48. The van der Waals surface area contributed by atoms with Gasteiger partial charge in [-0.15, -0.1) is 5.10 Å². The van der Waals surface area contributed by atoms with Gasteiger partial charge in [0.15, 0.2) is 5.82 Å². The molecule has 4 aromatic rings. The fourth-order valence-electron chi connectivity index (χ4n) is 3.16. The minimum Gasteiger partial charge on any atom is -0.463 e. The predicted molar refractivity (Wildman–Crippen MR) is 117 cm³/mol. The molecule has 3 aromatic carbocycles. The Kier molecular flexibility index (Phi) is 6.12. The summed E-state index contributed by atoms with van der Waals surface area (Å²) in [5, 5.41) is 7.09. The number of hydrogen-bond donors (Lipinski definition) is 1. The summed E-state index contributed by atoms with van der Waals surface area (Å²) in [6, 6.07) is 20.4. The van der Waals surface area contributed by atoms with Crippen LogP contribution in [0.4, 0.5) is 18.9 Å². The van der Waals surface area contributed by atoms with Gasteiger partial charge >= 0.3 is 12.2 Å². The van der Waals surface area contributed by atoms with Crippen molar-refractivity contribution in [3.63, 3.8) is 0 Å². The molecule has 0 radical (unpaired) electrons. The van der Waals surface area contributed by atoms with Crippen LogP contribution in [0, 0.1) is 0 Å². The highest BCUT2D eigenvalue weighted by Crippen LogP contribution is 2.33. The molecule has 168 valence electrons. The van der Waals surface area contributed by atoms with Gasteiger partial charge in [-0.25, -0.2) is 4.68 Å². The molecule has 4 rings (SSSR count). The molecule has 0 bridgehead atoms. The van der Waals surface area contributed by atoms with Gasteiger partial charge in [0.05, 0.1) is 17.9 Å². The Morgan fingerprint density at radius 2 is 1.73 bits per heavy atom. The standard InChI is InChI=1S/C24H19F3N4O2/c1-2-33-23-29-21(17-9-6-10-18(15-17)24(25,26)27)31(30-23)20-13-11-19(12-14-20)28-22(32)16-7-4-3-5-8-16/h3-15H,2H2,1H3,(H,28,32). The highest BCUT2D eigenvalue weighted by Gasteiger charge is 2.31. The Morgan fingerprint density at radius 3 is 2.39 bits per heavy atom. The number of alkyl halides is 3. The topological polar surface area (TPSA) is 69.0 Å². The molecule has 9 heteroatoms. The molecule has 0 saturated carbocycles. The largest absolute Gasteiger partial charge is 0.463 e. The summed E-state index contributed by atoms with van der Waals surface area (Å²) in [5.74, 6) is -0.0574. The third-order valence-electron chi connectivity index (χ3n) is 4.71. The van der Waals surface area contributed by atoms with Crippen LogP contribution < -0.4 is 10.1 Å². The van der Waals surface area contributed by atoms with Gasteiger partial charge in [-0.2, -0.15) is 18.2 Å². The zero-order valence-electron chi connectivity index (χ0n) is 17.5. The first-order valence-corrected chi connectivity index (χ1v) is 10.1. The number of amides is 1. The summed E-state index contributed by atoms with van der Waals surface area (Å²) in [6.45, 7) is 2.06. The molecule has 0 aliphatic carbocycles. The van der Waals surface area contributed by atoms with Gasteiger partial charge < -0.3 is 10.1 Å². The lowest BCUT2D eigenvalue weighted by Crippen LogP contribution is -2.11. The fourth-order valence-corrected chi connectivity index (χ4v) is 3.16. The lowest BCUT2D eigenvalue weighted by molar-refractivity contribution is -0.137. The molecule has 0 spiro atoms. The number of ether oxygens (including phenoxy) is 1. The highest BCUT2D eigenvalue weighted by molar-refractivity contribution is 6.04. The minimum atomic E-state index is -4.48. The van der Waals surface area contributed by atoms with Crippen molar-refractivity contribution < 1.29 is 22.7 Å². The average Bonchev–Trinajstić information content (AvgIpc) is 3.24. The zero-order valence-corrected chi connectivity index (χ0v) is 17.5. The van der Waals surface area contributed by atoms with E-state index in [1.165, 1.54) is 16.8 Å². The van der Waals surface area contributed by atoms with E-state index in [1.807, 2.05) is 6.07 Å². The number of rotatable bonds is 6. The Labute approximate surface area is 187 Å². The van der Waals surface area contributed by atoms with Gasteiger partial charge in [-0.3, -0.25) is 4.79 Å². The molecule has 0 atom stereocenters. The third-order valence-corrected chi connectivity index (χ3v) is 4.71. The Balaban J connectivity index is 1.66. The molecule has 0 fully saturated rings. The number of hydrogen-bond acceptors (Lipinski definition) is 4. The minimum absolute atomic E-state index is 0.0476. The van der Waals surface area contributed by atoms with Crippen molar-refractivity contribution in [3.8, 4) is 23.1 Å². The molecule has 0 saturated heterocycles. The maximum atomic E-state index is 13.2. The van der Waals surface area contributed by atoms with Gasteiger partial charge in [-0.05, 0) is 55.5 Å². The van der Waals surface area contributed by atoms with Crippen LogP contribution in [0.3, 0.4) is 0 Å². The van der Waals surface area contributed by atoms with E-state index < -0.39 is 11.7 Å². The van der Waals surface area contributed by atoms with Crippen LogP contribution in [-0.4, -0.2) is 27.3 Å². The lowest BCUT2D eigenvalue weighted by atomic mass is 10.1. The second-order valence-corrected chi connectivity index (χ2v) is 7.01. The average molecular weight is 452 g/mol. The Morgan fingerprint density at radius 1 is 1.00 bits per heavy atom. The molecule has 1 heterocycles. The maximum Gasteiger partial charge on any atom is 0.416 e. The fraction of sp³-hybridized carbons (Fsp3) is 0.125. The molecule has 6 nitrogen and oxygen atoms in total. The normalized spacial score (nSPS) is 11.3. The first kappa shape index (κ1) is 22.1. The van der Waals surface area contributed by atoms with Crippen LogP contribution in [0.25, 0.3) is 17.1 Å². The van der Waals surface area contributed by atoms with Crippen molar-refractivity contribution in [2.24, 2.45) is 0 Å². The monoisotopic (exact) mass is 452 g/mol. The zero-order chi connectivity index (χ0) is 23.4. The van der Waals surface area contributed by atoms with Crippen LogP contribution in [-0.2, 0) is 6.18 Å². The summed E-state index contributed by atoms with van der Waals surface area (Å²) in [5.41, 5.74) is 1.07. The second-order valence-electron chi connectivity index (χ2n) is 7.01. The smallest absolute Gasteiger partial charge is 0.416 e. The van der Waals surface area contributed by atoms with Crippen molar-refractivity contribution in [2.75, 3.05) is 11.9 Å². The van der Waals surface area contributed by atoms with Crippen LogP contribution >= 0.6 is 0 Å². The summed E-state index contributed by atoms with van der Waals surface area (Å²) >= 11 is 0. The van der Waals surface area contributed by atoms with E-state index >= 15 is 0 Å². The van der Waals surface area contributed by atoms with Crippen molar-refractivity contribution in [3.05, 3.63) is 90.0 Å². The molecule has 1 N–H and O–H groups in total. The quantitative estimate of drug-likeness (QED) is 0.413. The number of benzene rings is 3. The number of aromatic nitrogens is 3. The van der Waals surface area contributed by atoms with Crippen molar-refractivity contribution >= 4 is 11.6 Å². The summed E-state index contributed by atoms with van der Waals surface area (Å²) < 4.78 is 46.4. The number of carbonyl (C=O) groups excluding carboxylic acids is 1. The first-order valence-electron chi connectivity index (χ1n) is 10.1. The van der Waals surface area contributed by atoms with Gasteiger partial charge in [0.2, 0.25) is 0 Å². The van der Waals surface area contributed by atoms with Crippen molar-refractivity contribution in [1.29, 1.82) is 0 Å². The number of nitrogens with one attached hydrogen (secondary N) is 1. The Bertz CT molecular complexity index is 1250. The van der Waals surface area contributed by atoms with E-state index in [2.05, 4.69) is 15.4 Å². The molecule has 1 aromatic heterocycles. The lowest BCUT2D eigenvalue weighted by Gasteiger charge is -2.10. The summed E-state index contributed by atoms with van der Waals surface area (Å²) in [7, 11) is 0.